The fourth-order valence-corrected chi connectivity index (χ4v) is 2.18. The van der Waals surface area contributed by atoms with Gasteiger partial charge in [-0.15, -0.1) is 0 Å². The van der Waals surface area contributed by atoms with Crippen LogP contribution in [0.1, 0.15) is 25.5 Å². The van der Waals surface area contributed by atoms with E-state index in [1.165, 1.54) is 0 Å². The number of cyclic esters (lactones) is 1. The molecule has 0 aromatic heterocycles. The highest BCUT2D eigenvalue weighted by molar-refractivity contribution is 9.10. The first kappa shape index (κ1) is 10.5. The van der Waals surface area contributed by atoms with E-state index in [2.05, 4.69) is 21.2 Å². The number of benzene rings is 1. The van der Waals surface area contributed by atoms with Crippen LogP contribution in [0, 0.1) is 0 Å². The molecule has 1 aliphatic heterocycles. The Morgan fingerprint density at radius 2 is 2.20 bits per heavy atom. The third-order valence-electron chi connectivity index (χ3n) is 2.46. The van der Waals surface area contributed by atoms with E-state index < -0.39 is 0 Å². The van der Waals surface area contributed by atoms with Crippen LogP contribution in [0.25, 0.3) is 0 Å². The van der Waals surface area contributed by atoms with Crippen molar-refractivity contribution >= 4 is 22.0 Å². The SMILES string of the molecule is CC1(C)NC(=O)O[C@H]1c1cccc(Br)c1. The molecule has 1 saturated heterocycles. The van der Waals surface area contributed by atoms with Gasteiger partial charge in [0.1, 0.15) is 0 Å². The predicted octanol–water partition coefficient (Wildman–Crippen LogP) is 3.01. The molecule has 2 rings (SSSR count). The second-order valence-electron chi connectivity index (χ2n) is 4.19. The van der Waals surface area contributed by atoms with Gasteiger partial charge in [0.2, 0.25) is 0 Å². The number of hydrogen-bond donors (Lipinski definition) is 1. The normalized spacial score (nSPS) is 23.4. The Kier molecular flexibility index (Phi) is 2.46. The predicted molar refractivity (Wildman–Crippen MR) is 60.6 cm³/mol. The van der Waals surface area contributed by atoms with Crippen molar-refractivity contribution in [2.45, 2.75) is 25.5 Å². The van der Waals surface area contributed by atoms with Gasteiger partial charge in [-0.05, 0) is 31.5 Å². The lowest BCUT2D eigenvalue weighted by molar-refractivity contribution is 0.118. The smallest absolute Gasteiger partial charge is 0.408 e. The number of halogens is 1. The van der Waals surface area contributed by atoms with E-state index in [0.29, 0.717) is 0 Å². The molecule has 1 aliphatic rings. The van der Waals surface area contributed by atoms with Crippen LogP contribution < -0.4 is 5.32 Å². The molecule has 80 valence electrons. The number of carbonyl (C=O) groups is 1. The van der Waals surface area contributed by atoms with E-state index in [4.69, 9.17) is 4.74 Å². The van der Waals surface area contributed by atoms with Gasteiger partial charge in [-0.2, -0.15) is 0 Å². The van der Waals surface area contributed by atoms with E-state index in [0.717, 1.165) is 10.0 Å². The zero-order valence-corrected chi connectivity index (χ0v) is 10.2. The lowest BCUT2D eigenvalue weighted by Gasteiger charge is -2.23. The van der Waals surface area contributed by atoms with E-state index in [9.17, 15) is 4.79 Å². The van der Waals surface area contributed by atoms with E-state index in [-0.39, 0.29) is 17.7 Å². The summed E-state index contributed by atoms with van der Waals surface area (Å²) < 4.78 is 6.23. The van der Waals surface area contributed by atoms with E-state index in [1.807, 2.05) is 38.1 Å². The van der Waals surface area contributed by atoms with Crippen LogP contribution in [0.3, 0.4) is 0 Å². The van der Waals surface area contributed by atoms with Gasteiger partial charge in [-0.1, -0.05) is 28.1 Å². The number of amides is 1. The Balaban J connectivity index is 2.35. The van der Waals surface area contributed by atoms with Crippen molar-refractivity contribution in [3.05, 3.63) is 34.3 Å². The molecule has 1 amide bonds. The van der Waals surface area contributed by atoms with Crippen molar-refractivity contribution in [3.8, 4) is 0 Å². The first-order chi connectivity index (χ1) is 6.99. The molecule has 0 aliphatic carbocycles. The Hall–Kier alpha value is -1.03. The van der Waals surface area contributed by atoms with Gasteiger partial charge in [0.25, 0.3) is 0 Å². The molecule has 1 N–H and O–H groups in total. The van der Waals surface area contributed by atoms with Gasteiger partial charge >= 0.3 is 6.09 Å². The average Bonchev–Trinajstić information content (AvgIpc) is 2.39. The van der Waals surface area contributed by atoms with Crippen LogP contribution in [0.15, 0.2) is 28.7 Å². The van der Waals surface area contributed by atoms with Crippen LogP contribution in [0.5, 0.6) is 0 Å². The topological polar surface area (TPSA) is 38.3 Å². The molecular formula is C11H12BrNO2. The van der Waals surface area contributed by atoms with Crippen molar-refractivity contribution in [3.63, 3.8) is 0 Å². The second kappa shape index (κ2) is 3.52. The summed E-state index contributed by atoms with van der Waals surface area (Å²) >= 11 is 3.40. The number of ether oxygens (including phenoxy) is 1. The minimum absolute atomic E-state index is 0.234. The first-order valence-electron chi connectivity index (χ1n) is 4.73. The van der Waals surface area contributed by atoms with Crippen molar-refractivity contribution < 1.29 is 9.53 Å². The number of hydrogen-bond acceptors (Lipinski definition) is 2. The van der Waals surface area contributed by atoms with Crippen molar-refractivity contribution in [2.24, 2.45) is 0 Å². The largest absolute Gasteiger partial charge is 0.439 e. The molecule has 0 spiro atoms. The molecule has 1 aromatic carbocycles. The molecule has 1 atom stereocenters. The molecule has 1 fully saturated rings. The molecule has 3 nitrogen and oxygen atoms in total. The quantitative estimate of drug-likeness (QED) is 0.851. The summed E-state index contributed by atoms with van der Waals surface area (Å²) in [5, 5.41) is 2.78. The molecule has 15 heavy (non-hydrogen) atoms. The van der Waals surface area contributed by atoms with Gasteiger partial charge in [-0.25, -0.2) is 4.79 Å². The third-order valence-corrected chi connectivity index (χ3v) is 2.95. The van der Waals surface area contributed by atoms with Crippen LogP contribution in [-0.4, -0.2) is 11.6 Å². The lowest BCUT2D eigenvalue weighted by atomic mass is 9.92. The van der Waals surface area contributed by atoms with Gasteiger partial charge in [-0.3, -0.25) is 0 Å². The minimum atomic E-state index is -0.363. The van der Waals surface area contributed by atoms with Crippen LogP contribution >= 0.6 is 15.9 Å². The Bertz CT molecular complexity index is 403. The molecule has 1 heterocycles. The number of rotatable bonds is 1. The lowest BCUT2D eigenvalue weighted by Crippen LogP contribution is -2.38. The highest BCUT2D eigenvalue weighted by Gasteiger charge is 2.41. The van der Waals surface area contributed by atoms with Gasteiger partial charge < -0.3 is 10.1 Å². The van der Waals surface area contributed by atoms with Gasteiger partial charge in [0.05, 0.1) is 5.54 Å². The number of nitrogens with one attached hydrogen (secondary N) is 1. The van der Waals surface area contributed by atoms with Crippen molar-refractivity contribution in [2.75, 3.05) is 0 Å². The summed E-state index contributed by atoms with van der Waals surface area (Å²) in [6, 6.07) is 7.80. The maximum Gasteiger partial charge on any atom is 0.408 e. The summed E-state index contributed by atoms with van der Waals surface area (Å²) in [6.45, 7) is 3.90. The maximum absolute atomic E-state index is 11.2. The summed E-state index contributed by atoms with van der Waals surface area (Å²) in [4.78, 5) is 11.2. The van der Waals surface area contributed by atoms with Gasteiger partial charge in [0, 0.05) is 4.47 Å². The molecule has 0 unspecified atom stereocenters. The molecular weight excluding hydrogens is 258 g/mol. The van der Waals surface area contributed by atoms with Gasteiger partial charge in [0.15, 0.2) is 6.10 Å². The number of alkyl carbamates (subject to hydrolysis) is 1. The first-order valence-corrected chi connectivity index (χ1v) is 5.52. The van der Waals surface area contributed by atoms with E-state index in [1.54, 1.807) is 0 Å². The number of carbonyl (C=O) groups excluding carboxylic acids is 1. The Morgan fingerprint density at radius 1 is 1.47 bits per heavy atom. The maximum atomic E-state index is 11.2. The zero-order valence-electron chi connectivity index (χ0n) is 8.58. The molecule has 4 heteroatoms. The average molecular weight is 270 g/mol. The third kappa shape index (κ3) is 2.00. The van der Waals surface area contributed by atoms with Crippen LogP contribution in [0.4, 0.5) is 4.79 Å². The molecule has 0 saturated carbocycles. The fraction of sp³-hybridized carbons (Fsp3) is 0.364. The second-order valence-corrected chi connectivity index (χ2v) is 5.10. The summed E-state index contributed by atoms with van der Waals surface area (Å²) in [5.41, 5.74) is 0.630. The monoisotopic (exact) mass is 269 g/mol. The summed E-state index contributed by atoms with van der Waals surface area (Å²) in [5.74, 6) is 0. The highest BCUT2D eigenvalue weighted by atomic mass is 79.9. The highest BCUT2D eigenvalue weighted by Crippen LogP contribution is 2.34. The Morgan fingerprint density at radius 3 is 2.73 bits per heavy atom. The fourth-order valence-electron chi connectivity index (χ4n) is 1.77. The Labute approximate surface area is 96.9 Å². The molecule has 0 radical (unpaired) electrons. The van der Waals surface area contributed by atoms with Crippen molar-refractivity contribution in [1.29, 1.82) is 0 Å². The van der Waals surface area contributed by atoms with Crippen molar-refractivity contribution in [1.82, 2.24) is 5.32 Å². The minimum Gasteiger partial charge on any atom is -0.439 e. The zero-order chi connectivity index (χ0) is 11.1. The molecule has 1 aromatic rings. The molecule has 0 bridgehead atoms. The van der Waals surface area contributed by atoms with Crippen LogP contribution in [-0.2, 0) is 4.74 Å². The van der Waals surface area contributed by atoms with E-state index >= 15 is 0 Å². The standard InChI is InChI=1S/C11H12BrNO2/c1-11(2)9(15-10(14)13-11)7-4-3-5-8(12)6-7/h3-6,9H,1-2H3,(H,13,14)/t9-/m0/s1. The van der Waals surface area contributed by atoms with Crippen LogP contribution in [0.2, 0.25) is 0 Å². The summed E-state index contributed by atoms with van der Waals surface area (Å²) in [7, 11) is 0. The summed E-state index contributed by atoms with van der Waals surface area (Å²) in [6.07, 6.45) is -0.590.